The minimum atomic E-state index is -0.129. The maximum absolute atomic E-state index is 11.3. The first kappa shape index (κ1) is 13.6. The van der Waals surface area contributed by atoms with Crippen LogP contribution in [0.1, 0.15) is 17.5 Å². The van der Waals surface area contributed by atoms with E-state index in [1.54, 1.807) is 0 Å². The molecule has 0 aromatic heterocycles. The summed E-state index contributed by atoms with van der Waals surface area (Å²) in [7, 11) is 0. The number of hydrogen-bond donors (Lipinski definition) is 2. The minimum absolute atomic E-state index is 0.121. The maximum Gasteiger partial charge on any atom is 0.221 e. The highest BCUT2D eigenvalue weighted by Crippen LogP contribution is 2.11. The van der Waals surface area contributed by atoms with E-state index in [9.17, 15) is 4.79 Å². The van der Waals surface area contributed by atoms with Crippen LogP contribution in [0.5, 0.6) is 0 Å². The van der Waals surface area contributed by atoms with Gasteiger partial charge in [0.2, 0.25) is 5.91 Å². The second-order valence-corrected chi connectivity index (χ2v) is 4.49. The number of benzene rings is 1. The topological polar surface area (TPSA) is 52.6 Å². The third-order valence-electron chi connectivity index (χ3n) is 3.12. The smallest absolute Gasteiger partial charge is 0.221 e. The molecule has 19 heavy (non-hydrogen) atoms. The zero-order valence-corrected chi connectivity index (χ0v) is 10.9. The molecule has 1 heterocycles. The molecule has 0 unspecified atom stereocenters. The van der Waals surface area contributed by atoms with Crippen LogP contribution in [0.2, 0.25) is 0 Å². The van der Waals surface area contributed by atoms with Crippen molar-refractivity contribution in [3.8, 4) is 11.8 Å². The summed E-state index contributed by atoms with van der Waals surface area (Å²) in [5.41, 5.74) is 2.08. The van der Waals surface area contributed by atoms with Crippen LogP contribution < -0.4 is 5.32 Å². The summed E-state index contributed by atoms with van der Waals surface area (Å²) >= 11 is 0. The van der Waals surface area contributed by atoms with Gasteiger partial charge in [0.05, 0.1) is 0 Å². The number of amides is 1. The summed E-state index contributed by atoms with van der Waals surface area (Å²) in [6.07, 6.45) is 0.546. The molecule has 0 radical (unpaired) electrons. The van der Waals surface area contributed by atoms with Gasteiger partial charge in [0.25, 0.3) is 0 Å². The summed E-state index contributed by atoms with van der Waals surface area (Å²) in [5.74, 6) is 5.77. The van der Waals surface area contributed by atoms with Crippen molar-refractivity contribution in [1.29, 1.82) is 0 Å². The van der Waals surface area contributed by atoms with E-state index in [2.05, 4.69) is 22.1 Å². The van der Waals surface area contributed by atoms with E-state index in [0.29, 0.717) is 13.0 Å². The van der Waals surface area contributed by atoms with E-state index >= 15 is 0 Å². The number of aliphatic hydroxyl groups is 1. The highest BCUT2D eigenvalue weighted by molar-refractivity contribution is 5.76. The second-order valence-electron chi connectivity index (χ2n) is 4.49. The van der Waals surface area contributed by atoms with Crippen LogP contribution in [-0.2, 0) is 11.3 Å². The van der Waals surface area contributed by atoms with Crippen LogP contribution in [0.4, 0.5) is 0 Å². The summed E-state index contributed by atoms with van der Waals surface area (Å²) in [6.45, 7) is 2.98. The van der Waals surface area contributed by atoms with Gasteiger partial charge in [-0.1, -0.05) is 30.0 Å². The Bertz CT molecular complexity index is 502. The fraction of sp³-hybridized carbons (Fsp3) is 0.400. The fourth-order valence-corrected chi connectivity index (χ4v) is 2.13. The summed E-state index contributed by atoms with van der Waals surface area (Å²) in [5, 5.41) is 11.6. The third kappa shape index (κ3) is 4.09. The molecule has 1 fully saturated rings. The average molecular weight is 258 g/mol. The molecule has 0 saturated carbocycles. The largest absolute Gasteiger partial charge is 0.384 e. The van der Waals surface area contributed by atoms with Gasteiger partial charge < -0.3 is 10.4 Å². The standard InChI is InChI=1S/C15H18N2O2/c18-11-3-6-13-4-1-2-5-14(13)12-17-9-7-15(19)16-8-10-17/h1-2,4-5,18H,7-12H2,(H,16,19). The average Bonchev–Trinajstić information content (AvgIpc) is 2.63. The molecule has 2 N–H and O–H groups in total. The molecular formula is C15H18N2O2. The SMILES string of the molecule is O=C1CCN(Cc2ccccc2C#CCO)CCN1. The molecule has 0 bridgehead atoms. The quantitative estimate of drug-likeness (QED) is 0.753. The van der Waals surface area contributed by atoms with Crippen molar-refractivity contribution in [2.75, 3.05) is 26.2 Å². The number of nitrogens with zero attached hydrogens (tertiary/aromatic N) is 1. The Morgan fingerprint density at radius 1 is 1.32 bits per heavy atom. The van der Waals surface area contributed by atoms with Gasteiger partial charge in [-0.15, -0.1) is 0 Å². The van der Waals surface area contributed by atoms with E-state index in [4.69, 9.17) is 5.11 Å². The summed E-state index contributed by atoms with van der Waals surface area (Å²) < 4.78 is 0. The number of carbonyl (C=O) groups excluding carboxylic acids is 1. The fourth-order valence-electron chi connectivity index (χ4n) is 2.13. The molecule has 0 spiro atoms. The Hall–Kier alpha value is -1.83. The first-order valence-electron chi connectivity index (χ1n) is 6.46. The molecule has 0 atom stereocenters. The normalized spacial score (nSPS) is 16.2. The Morgan fingerprint density at radius 3 is 3.00 bits per heavy atom. The van der Waals surface area contributed by atoms with Crippen LogP contribution in [-0.4, -0.2) is 42.2 Å². The highest BCUT2D eigenvalue weighted by atomic mass is 16.2. The minimum Gasteiger partial charge on any atom is -0.384 e. The van der Waals surface area contributed by atoms with Gasteiger partial charge in [0.1, 0.15) is 6.61 Å². The first-order chi connectivity index (χ1) is 9.29. The van der Waals surface area contributed by atoms with Gasteiger partial charge in [0, 0.05) is 38.2 Å². The molecule has 1 amide bonds. The van der Waals surface area contributed by atoms with Crippen molar-refractivity contribution in [3.05, 3.63) is 35.4 Å². The monoisotopic (exact) mass is 258 g/mol. The molecule has 2 rings (SSSR count). The van der Waals surface area contributed by atoms with Crippen LogP contribution >= 0.6 is 0 Å². The molecule has 4 heteroatoms. The van der Waals surface area contributed by atoms with Gasteiger partial charge in [-0.2, -0.15) is 0 Å². The van der Waals surface area contributed by atoms with Crippen molar-refractivity contribution in [3.63, 3.8) is 0 Å². The van der Waals surface area contributed by atoms with Crippen molar-refractivity contribution in [2.24, 2.45) is 0 Å². The van der Waals surface area contributed by atoms with Crippen molar-refractivity contribution < 1.29 is 9.90 Å². The Kier molecular flexibility index (Phi) is 4.96. The predicted octanol–water partition coefficient (Wildman–Crippen LogP) is 0.352. The molecule has 1 saturated heterocycles. The number of hydrogen-bond acceptors (Lipinski definition) is 3. The third-order valence-corrected chi connectivity index (χ3v) is 3.12. The molecule has 1 aromatic rings. The molecule has 100 valence electrons. The first-order valence-corrected chi connectivity index (χ1v) is 6.46. The molecule has 1 aliphatic rings. The summed E-state index contributed by atoms with van der Waals surface area (Å²) in [6, 6.07) is 7.93. The van der Waals surface area contributed by atoms with Gasteiger partial charge >= 0.3 is 0 Å². The lowest BCUT2D eigenvalue weighted by Gasteiger charge is -2.19. The van der Waals surface area contributed by atoms with Crippen LogP contribution in [0.3, 0.4) is 0 Å². The Morgan fingerprint density at radius 2 is 2.16 bits per heavy atom. The summed E-state index contributed by atoms with van der Waals surface area (Å²) in [4.78, 5) is 13.5. The predicted molar refractivity (Wildman–Crippen MR) is 73.3 cm³/mol. The van der Waals surface area contributed by atoms with Gasteiger partial charge in [-0.05, 0) is 11.6 Å². The Balaban J connectivity index is 2.07. The lowest BCUT2D eigenvalue weighted by molar-refractivity contribution is -0.120. The van der Waals surface area contributed by atoms with Crippen molar-refractivity contribution in [1.82, 2.24) is 10.2 Å². The number of carbonyl (C=O) groups is 1. The van der Waals surface area contributed by atoms with Crippen molar-refractivity contribution in [2.45, 2.75) is 13.0 Å². The van der Waals surface area contributed by atoms with E-state index in [-0.39, 0.29) is 12.5 Å². The van der Waals surface area contributed by atoms with E-state index in [1.165, 1.54) is 0 Å². The highest BCUT2D eigenvalue weighted by Gasteiger charge is 2.14. The lowest BCUT2D eigenvalue weighted by atomic mass is 10.1. The van der Waals surface area contributed by atoms with Gasteiger partial charge in [-0.25, -0.2) is 0 Å². The van der Waals surface area contributed by atoms with E-state index in [1.807, 2.05) is 24.3 Å². The molecule has 1 aliphatic heterocycles. The number of aliphatic hydroxyl groups excluding tert-OH is 1. The maximum atomic E-state index is 11.3. The molecule has 1 aromatic carbocycles. The van der Waals surface area contributed by atoms with Crippen LogP contribution in [0, 0.1) is 11.8 Å². The van der Waals surface area contributed by atoms with E-state index in [0.717, 1.165) is 30.8 Å². The number of rotatable bonds is 2. The van der Waals surface area contributed by atoms with Gasteiger partial charge in [-0.3, -0.25) is 9.69 Å². The zero-order valence-electron chi connectivity index (χ0n) is 10.9. The molecule has 4 nitrogen and oxygen atoms in total. The van der Waals surface area contributed by atoms with Crippen molar-refractivity contribution >= 4 is 5.91 Å². The molecule has 0 aliphatic carbocycles. The van der Waals surface area contributed by atoms with E-state index < -0.39 is 0 Å². The Labute approximate surface area is 113 Å². The lowest BCUT2D eigenvalue weighted by Crippen LogP contribution is -2.28. The van der Waals surface area contributed by atoms with Crippen LogP contribution in [0.15, 0.2) is 24.3 Å². The van der Waals surface area contributed by atoms with Gasteiger partial charge in [0.15, 0.2) is 0 Å². The molecular weight excluding hydrogens is 240 g/mol. The zero-order chi connectivity index (χ0) is 13.5. The van der Waals surface area contributed by atoms with Crippen LogP contribution in [0.25, 0.3) is 0 Å². The number of nitrogens with one attached hydrogen (secondary N) is 1. The second kappa shape index (κ2) is 6.93.